The van der Waals surface area contributed by atoms with Crippen molar-refractivity contribution < 1.29 is 19.2 Å². The molecule has 0 bridgehead atoms. The molecule has 0 fully saturated rings. The standard InChI is InChI=1S/C20H23N3O5/c1-4-14(2)16-6-8-17(9-7-16)28-13-20(24)22-21-12-15-5-10-19(27-3)18(11-15)23(25)26/h5-12,14H,4,13H2,1-3H3,(H,22,24)/b21-12-. The van der Waals surface area contributed by atoms with Crippen molar-refractivity contribution in [2.75, 3.05) is 13.7 Å². The second-order valence-corrected chi connectivity index (χ2v) is 6.15. The highest BCUT2D eigenvalue weighted by Gasteiger charge is 2.14. The molecule has 2 aromatic carbocycles. The lowest BCUT2D eigenvalue weighted by Crippen LogP contribution is -2.24. The number of carbonyl (C=O) groups is 1. The first-order chi connectivity index (χ1) is 13.4. The van der Waals surface area contributed by atoms with Gasteiger partial charge in [-0.15, -0.1) is 0 Å². The second kappa shape index (κ2) is 10.1. The maximum Gasteiger partial charge on any atom is 0.311 e. The number of hydrogen-bond donors (Lipinski definition) is 1. The topological polar surface area (TPSA) is 103 Å². The molecule has 0 radical (unpaired) electrons. The van der Waals surface area contributed by atoms with Crippen LogP contribution in [0.15, 0.2) is 47.6 Å². The van der Waals surface area contributed by atoms with E-state index in [1.54, 1.807) is 6.07 Å². The van der Waals surface area contributed by atoms with Crippen molar-refractivity contribution in [1.29, 1.82) is 0 Å². The molecule has 0 aliphatic heterocycles. The summed E-state index contributed by atoms with van der Waals surface area (Å²) in [6.07, 6.45) is 2.36. The van der Waals surface area contributed by atoms with E-state index in [-0.39, 0.29) is 18.0 Å². The van der Waals surface area contributed by atoms with Gasteiger partial charge in [-0.1, -0.05) is 26.0 Å². The third-order valence-electron chi connectivity index (χ3n) is 4.23. The summed E-state index contributed by atoms with van der Waals surface area (Å²) in [6, 6.07) is 12.0. The number of nitro groups is 1. The zero-order chi connectivity index (χ0) is 20.5. The Balaban J connectivity index is 1.87. The molecule has 8 heteroatoms. The number of ether oxygens (including phenoxy) is 2. The van der Waals surface area contributed by atoms with Crippen LogP contribution in [0.25, 0.3) is 0 Å². The van der Waals surface area contributed by atoms with E-state index < -0.39 is 10.8 Å². The number of hydrogen-bond acceptors (Lipinski definition) is 6. The Morgan fingerprint density at radius 1 is 1.29 bits per heavy atom. The summed E-state index contributed by atoms with van der Waals surface area (Å²) < 4.78 is 10.4. The van der Waals surface area contributed by atoms with Crippen molar-refractivity contribution in [1.82, 2.24) is 5.43 Å². The van der Waals surface area contributed by atoms with Gasteiger partial charge >= 0.3 is 5.69 Å². The van der Waals surface area contributed by atoms with E-state index in [2.05, 4.69) is 24.4 Å². The van der Waals surface area contributed by atoms with Gasteiger partial charge in [-0.3, -0.25) is 14.9 Å². The molecular formula is C20H23N3O5. The number of amides is 1. The van der Waals surface area contributed by atoms with Crippen LogP contribution in [-0.2, 0) is 4.79 Å². The van der Waals surface area contributed by atoms with Gasteiger partial charge in [0.2, 0.25) is 0 Å². The maximum atomic E-state index is 11.8. The molecule has 28 heavy (non-hydrogen) atoms. The van der Waals surface area contributed by atoms with Gasteiger partial charge in [0.25, 0.3) is 5.91 Å². The highest BCUT2D eigenvalue weighted by Crippen LogP contribution is 2.26. The maximum absolute atomic E-state index is 11.8. The highest BCUT2D eigenvalue weighted by molar-refractivity contribution is 5.84. The molecule has 0 aliphatic carbocycles. The van der Waals surface area contributed by atoms with Crippen LogP contribution in [0.5, 0.6) is 11.5 Å². The van der Waals surface area contributed by atoms with Crippen LogP contribution in [0.1, 0.15) is 37.3 Å². The minimum atomic E-state index is -0.547. The third kappa shape index (κ3) is 5.80. The molecule has 8 nitrogen and oxygen atoms in total. The summed E-state index contributed by atoms with van der Waals surface area (Å²) in [7, 11) is 1.36. The number of nitro benzene ring substituents is 1. The van der Waals surface area contributed by atoms with Crippen LogP contribution < -0.4 is 14.9 Å². The fourth-order valence-corrected chi connectivity index (χ4v) is 2.42. The average molecular weight is 385 g/mol. The monoisotopic (exact) mass is 385 g/mol. The van der Waals surface area contributed by atoms with E-state index in [0.29, 0.717) is 17.2 Å². The zero-order valence-corrected chi connectivity index (χ0v) is 16.0. The summed E-state index contributed by atoms with van der Waals surface area (Å²) in [5, 5.41) is 14.8. The van der Waals surface area contributed by atoms with E-state index in [4.69, 9.17) is 9.47 Å². The van der Waals surface area contributed by atoms with Gasteiger partial charge in [-0.05, 0) is 42.2 Å². The molecule has 0 spiro atoms. The van der Waals surface area contributed by atoms with Gasteiger partial charge in [-0.2, -0.15) is 5.10 Å². The summed E-state index contributed by atoms with van der Waals surface area (Å²) in [4.78, 5) is 22.3. The lowest BCUT2D eigenvalue weighted by molar-refractivity contribution is -0.385. The van der Waals surface area contributed by atoms with Crippen LogP contribution >= 0.6 is 0 Å². The number of nitrogens with zero attached hydrogens (tertiary/aromatic N) is 2. The van der Waals surface area contributed by atoms with Crippen LogP contribution in [0.3, 0.4) is 0 Å². The molecule has 0 aliphatic rings. The predicted octanol–water partition coefficient (Wildman–Crippen LogP) is 3.65. The Hall–Kier alpha value is -3.42. The molecule has 1 atom stereocenters. The van der Waals surface area contributed by atoms with Gasteiger partial charge in [-0.25, -0.2) is 5.43 Å². The molecule has 148 valence electrons. The number of hydrazone groups is 1. The first kappa shape index (κ1) is 20.9. The van der Waals surface area contributed by atoms with E-state index in [1.165, 1.54) is 31.0 Å². The quantitative estimate of drug-likeness (QED) is 0.403. The van der Waals surface area contributed by atoms with Crippen molar-refractivity contribution >= 4 is 17.8 Å². The van der Waals surface area contributed by atoms with Gasteiger partial charge in [0, 0.05) is 11.6 Å². The highest BCUT2D eigenvalue weighted by atomic mass is 16.6. The van der Waals surface area contributed by atoms with E-state index >= 15 is 0 Å². The molecule has 1 unspecified atom stereocenters. The van der Waals surface area contributed by atoms with Crippen LogP contribution in [-0.4, -0.2) is 30.8 Å². The largest absolute Gasteiger partial charge is 0.490 e. The Kier molecular flexibility index (Phi) is 7.50. The lowest BCUT2D eigenvalue weighted by Gasteiger charge is -2.10. The summed E-state index contributed by atoms with van der Waals surface area (Å²) in [5.41, 5.74) is 3.82. The summed E-state index contributed by atoms with van der Waals surface area (Å²) in [5.74, 6) is 0.779. The van der Waals surface area contributed by atoms with Gasteiger partial charge in [0.1, 0.15) is 5.75 Å². The molecule has 0 aromatic heterocycles. The fourth-order valence-electron chi connectivity index (χ4n) is 2.42. The number of benzene rings is 2. The fraction of sp³-hybridized carbons (Fsp3) is 0.300. The van der Waals surface area contributed by atoms with E-state index in [1.807, 2.05) is 24.3 Å². The lowest BCUT2D eigenvalue weighted by atomic mass is 9.99. The first-order valence-electron chi connectivity index (χ1n) is 8.81. The second-order valence-electron chi connectivity index (χ2n) is 6.15. The molecule has 0 heterocycles. The first-order valence-corrected chi connectivity index (χ1v) is 8.81. The minimum Gasteiger partial charge on any atom is -0.490 e. The average Bonchev–Trinajstić information content (AvgIpc) is 2.71. The van der Waals surface area contributed by atoms with Crippen molar-refractivity contribution in [2.24, 2.45) is 5.10 Å². The minimum absolute atomic E-state index is 0.152. The smallest absolute Gasteiger partial charge is 0.311 e. The number of nitrogens with one attached hydrogen (secondary N) is 1. The third-order valence-corrected chi connectivity index (χ3v) is 4.23. The molecule has 2 aromatic rings. The molecule has 1 N–H and O–H groups in total. The van der Waals surface area contributed by atoms with Crippen molar-refractivity contribution in [3.63, 3.8) is 0 Å². The Labute approximate surface area is 163 Å². The van der Waals surface area contributed by atoms with Crippen molar-refractivity contribution in [2.45, 2.75) is 26.2 Å². The number of rotatable bonds is 9. The molecule has 0 saturated carbocycles. The Morgan fingerprint density at radius 3 is 2.61 bits per heavy atom. The van der Waals surface area contributed by atoms with E-state index in [9.17, 15) is 14.9 Å². The van der Waals surface area contributed by atoms with Gasteiger partial charge < -0.3 is 9.47 Å². The zero-order valence-electron chi connectivity index (χ0n) is 16.0. The van der Waals surface area contributed by atoms with Crippen molar-refractivity contribution in [3.8, 4) is 11.5 Å². The molecular weight excluding hydrogens is 362 g/mol. The Morgan fingerprint density at radius 2 is 2.00 bits per heavy atom. The Bertz CT molecular complexity index is 849. The molecule has 2 rings (SSSR count). The predicted molar refractivity (Wildman–Crippen MR) is 106 cm³/mol. The van der Waals surface area contributed by atoms with Crippen LogP contribution in [0.2, 0.25) is 0 Å². The number of methoxy groups -OCH3 is 1. The summed E-state index contributed by atoms with van der Waals surface area (Å²) in [6.45, 7) is 4.09. The normalized spacial score (nSPS) is 11.8. The van der Waals surface area contributed by atoms with Gasteiger partial charge in [0.15, 0.2) is 12.4 Å². The number of carbonyl (C=O) groups excluding carboxylic acids is 1. The van der Waals surface area contributed by atoms with Crippen molar-refractivity contribution in [3.05, 3.63) is 63.7 Å². The molecule has 1 amide bonds. The van der Waals surface area contributed by atoms with Gasteiger partial charge in [0.05, 0.1) is 18.2 Å². The van der Waals surface area contributed by atoms with E-state index in [0.717, 1.165) is 6.42 Å². The molecule has 0 saturated heterocycles. The van der Waals surface area contributed by atoms with Crippen LogP contribution in [0.4, 0.5) is 5.69 Å². The SMILES string of the molecule is CCC(C)c1ccc(OCC(=O)N/N=C\c2ccc(OC)c([N+](=O)[O-])c2)cc1. The van der Waals surface area contributed by atoms with Crippen LogP contribution in [0, 0.1) is 10.1 Å². The summed E-state index contributed by atoms with van der Waals surface area (Å²) >= 11 is 0.